The lowest BCUT2D eigenvalue weighted by Gasteiger charge is -2.26. The summed E-state index contributed by atoms with van der Waals surface area (Å²) in [6.45, 7) is 0.737. The van der Waals surface area contributed by atoms with E-state index in [1.54, 1.807) is 0 Å². The summed E-state index contributed by atoms with van der Waals surface area (Å²) in [5.41, 5.74) is 0. The van der Waals surface area contributed by atoms with Crippen LogP contribution in [0.25, 0.3) is 0 Å². The zero-order valence-electron chi connectivity index (χ0n) is 7.38. The smallest absolute Gasteiger partial charge is 0.254 e. The molecule has 0 bridgehead atoms. The molecule has 0 aromatic rings. The number of hydrogen-bond acceptors (Lipinski definition) is 4. The molecule has 0 amide bonds. The summed E-state index contributed by atoms with van der Waals surface area (Å²) in [5.74, 6) is -1.56. The molecule has 1 saturated heterocycles. The zero-order chi connectivity index (χ0) is 10.3. The van der Waals surface area contributed by atoms with Crippen LogP contribution < -0.4 is 0 Å². The maximum atomic E-state index is 11.5. The molecule has 2 aliphatic rings. The number of ketones is 1. The number of hydrogen-bond donors (Lipinski definition) is 0. The van der Waals surface area contributed by atoms with E-state index in [0.29, 0.717) is 13.2 Å². The molecule has 0 radical (unpaired) electrons. The van der Waals surface area contributed by atoms with E-state index in [1.807, 2.05) is 0 Å². The third-order valence-corrected chi connectivity index (χ3v) is 3.06. The Balaban J connectivity index is 2.45. The molecule has 1 atom stereocenters. The summed E-state index contributed by atoms with van der Waals surface area (Å²) in [4.78, 5) is 11.5. The van der Waals surface area contributed by atoms with Crippen molar-refractivity contribution in [3.05, 3.63) is 10.8 Å². The Morgan fingerprint density at radius 3 is 2.57 bits per heavy atom. The second-order valence-electron chi connectivity index (χ2n) is 2.94. The van der Waals surface area contributed by atoms with Gasteiger partial charge in [0.15, 0.2) is 11.1 Å². The molecule has 1 heterocycles. The highest BCUT2D eigenvalue weighted by atomic mass is 35.5. The van der Waals surface area contributed by atoms with Crippen molar-refractivity contribution in [1.29, 1.82) is 0 Å². The maximum absolute atomic E-state index is 11.5. The standard InChI is InChI=1S/C8H8Cl2O4/c1-12-7-4(9)5(11)6(10)8(7)13-2-3-14-8/h6H,2-3H2,1H3/t6-/m1/s1. The van der Waals surface area contributed by atoms with Crippen molar-refractivity contribution in [3.8, 4) is 0 Å². The first kappa shape index (κ1) is 10.2. The molecule has 1 aliphatic heterocycles. The lowest BCUT2D eigenvalue weighted by atomic mass is 10.2. The minimum atomic E-state index is -1.30. The monoisotopic (exact) mass is 238 g/mol. The van der Waals surface area contributed by atoms with Gasteiger partial charge < -0.3 is 14.2 Å². The number of carbonyl (C=O) groups excluding carboxylic acids is 1. The largest absolute Gasteiger partial charge is 0.494 e. The number of carbonyl (C=O) groups is 1. The molecule has 0 unspecified atom stereocenters. The van der Waals surface area contributed by atoms with Crippen LogP contribution in [-0.2, 0) is 19.0 Å². The molecule has 0 aromatic carbocycles. The molecular weight excluding hydrogens is 231 g/mol. The highest BCUT2D eigenvalue weighted by Crippen LogP contribution is 2.44. The molecular formula is C8H8Cl2O4. The van der Waals surface area contributed by atoms with Crippen molar-refractivity contribution in [2.45, 2.75) is 11.2 Å². The predicted molar refractivity (Wildman–Crippen MR) is 49.2 cm³/mol. The van der Waals surface area contributed by atoms with Crippen molar-refractivity contribution in [3.63, 3.8) is 0 Å². The van der Waals surface area contributed by atoms with E-state index in [2.05, 4.69) is 0 Å². The Labute approximate surface area is 90.7 Å². The SMILES string of the molecule is COC1=C(Cl)C(=O)[C@@H](Cl)C12OCCO2. The van der Waals surface area contributed by atoms with Gasteiger partial charge in [0.25, 0.3) is 5.79 Å². The summed E-state index contributed by atoms with van der Waals surface area (Å²) in [6.07, 6.45) is 0. The lowest BCUT2D eigenvalue weighted by molar-refractivity contribution is -0.152. The van der Waals surface area contributed by atoms with Gasteiger partial charge in [-0.1, -0.05) is 11.6 Å². The minimum Gasteiger partial charge on any atom is -0.494 e. The van der Waals surface area contributed by atoms with Gasteiger partial charge in [-0.15, -0.1) is 11.6 Å². The first-order chi connectivity index (χ1) is 6.63. The average molecular weight is 239 g/mol. The number of alkyl halides is 1. The average Bonchev–Trinajstić information content (AvgIpc) is 2.71. The predicted octanol–water partition coefficient (Wildman–Crippen LogP) is 1.02. The first-order valence-corrected chi connectivity index (χ1v) is 4.85. The van der Waals surface area contributed by atoms with Crippen LogP contribution in [0.4, 0.5) is 0 Å². The molecule has 0 saturated carbocycles. The molecule has 6 heteroatoms. The van der Waals surface area contributed by atoms with Crippen molar-refractivity contribution < 1.29 is 19.0 Å². The van der Waals surface area contributed by atoms with Gasteiger partial charge in [-0.2, -0.15) is 0 Å². The van der Waals surface area contributed by atoms with E-state index < -0.39 is 16.9 Å². The highest BCUT2D eigenvalue weighted by Gasteiger charge is 2.59. The van der Waals surface area contributed by atoms with E-state index in [1.165, 1.54) is 7.11 Å². The van der Waals surface area contributed by atoms with Crippen molar-refractivity contribution in [1.82, 2.24) is 0 Å². The highest BCUT2D eigenvalue weighted by molar-refractivity contribution is 6.50. The van der Waals surface area contributed by atoms with Crippen LogP contribution >= 0.6 is 23.2 Å². The second-order valence-corrected chi connectivity index (χ2v) is 3.75. The van der Waals surface area contributed by atoms with E-state index in [9.17, 15) is 4.79 Å². The summed E-state index contributed by atoms with van der Waals surface area (Å²) in [7, 11) is 1.40. The van der Waals surface area contributed by atoms with Crippen LogP contribution in [0.3, 0.4) is 0 Å². The first-order valence-electron chi connectivity index (χ1n) is 4.04. The Morgan fingerprint density at radius 2 is 2.07 bits per heavy atom. The van der Waals surface area contributed by atoms with Gasteiger partial charge in [-0.25, -0.2) is 0 Å². The van der Waals surface area contributed by atoms with Gasteiger partial charge >= 0.3 is 0 Å². The normalized spacial score (nSPS) is 30.5. The van der Waals surface area contributed by atoms with Crippen LogP contribution in [0, 0.1) is 0 Å². The van der Waals surface area contributed by atoms with Crippen LogP contribution in [-0.4, -0.2) is 37.3 Å². The van der Waals surface area contributed by atoms with Crippen molar-refractivity contribution in [2.24, 2.45) is 0 Å². The van der Waals surface area contributed by atoms with Crippen LogP contribution in [0.2, 0.25) is 0 Å². The zero-order valence-corrected chi connectivity index (χ0v) is 8.89. The van der Waals surface area contributed by atoms with Gasteiger partial charge in [-0.05, 0) is 0 Å². The number of ether oxygens (including phenoxy) is 3. The van der Waals surface area contributed by atoms with Crippen LogP contribution in [0.1, 0.15) is 0 Å². The Kier molecular flexibility index (Phi) is 2.47. The number of methoxy groups -OCH3 is 1. The maximum Gasteiger partial charge on any atom is 0.254 e. The van der Waals surface area contributed by atoms with E-state index >= 15 is 0 Å². The summed E-state index contributed by atoms with van der Waals surface area (Å²) in [5, 5.41) is -1.01. The van der Waals surface area contributed by atoms with Crippen molar-refractivity contribution in [2.75, 3.05) is 20.3 Å². The van der Waals surface area contributed by atoms with Gasteiger partial charge in [-0.3, -0.25) is 4.79 Å². The molecule has 1 aliphatic carbocycles. The van der Waals surface area contributed by atoms with Crippen LogP contribution in [0.15, 0.2) is 10.8 Å². The molecule has 0 aromatic heterocycles. The van der Waals surface area contributed by atoms with E-state index in [4.69, 9.17) is 37.4 Å². The molecule has 0 N–H and O–H groups in total. The third-order valence-electron chi connectivity index (χ3n) is 2.22. The number of Topliss-reactive ketones (excluding diaryl/α,β-unsaturated/α-hetero) is 1. The summed E-state index contributed by atoms with van der Waals surface area (Å²) >= 11 is 11.6. The van der Waals surface area contributed by atoms with E-state index in [0.717, 1.165) is 0 Å². The molecule has 1 fully saturated rings. The fraction of sp³-hybridized carbons (Fsp3) is 0.625. The Bertz CT molecular complexity index is 306. The molecule has 1 spiro atoms. The minimum absolute atomic E-state index is 0.0469. The Morgan fingerprint density at radius 1 is 1.50 bits per heavy atom. The second kappa shape index (κ2) is 3.38. The van der Waals surface area contributed by atoms with Gasteiger partial charge in [0.1, 0.15) is 5.03 Å². The summed E-state index contributed by atoms with van der Waals surface area (Å²) < 4.78 is 15.6. The Hall–Kier alpha value is -0.290. The molecule has 14 heavy (non-hydrogen) atoms. The number of allylic oxidation sites excluding steroid dienone is 1. The fourth-order valence-electron chi connectivity index (χ4n) is 1.60. The fourth-order valence-corrected chi connectivity index (χ4v) is 2.31. The van der Waals surface area contributed by atoms with Gasteiger partial charge in [0.2, 0.25) is 5.78 Å². The van der Waals surface area contributed by atoms with Crippen molar-refractivity contribution >= 4 is 29.0 Å². The topological polar surface area (TPSA) is 44.8 Å². The van der Waals surface area contributed by atoms with Crippen LogP contribution in [0.5, 0.6) is 0 Å². The molecule has 78 valence electrons. The quantitative estimate of drug-likeness (QED) is 0.640. The van der Waals surface area contributed by atoms with E-state index in [-0.39, 0.29) is 10.8 Å². The summed E-state index contributed by atoms with van der Waals surface area (Å²) in [6, 6.07) is 0. The van der Waals surface area contributed by atoms with Gasteiger partial charge in [0.05, 0.1) is 20.3 Å². The number of halogens is 2. The third kappa shape index (κ3) is 1.11. The number of rotatable bonds is 1. The lowest BCUT2D eigenvalue weighted by Crippen LogP contribution is -2.41. The van der Waals surface area contributed by atoms with Gasteiger partial charge in [0, 0.05) is 0 Å². The molecule has 2 rings (SSSR count). The molecule has 4 nitrogen and oxygen atoms in total.